The molecule has 2 aromatic rings. The molecule has 0 fully saturated rings. The maximum Gasteiger partial charge on any atom is 0.236 e. The molecule has 1 amide bonds. The van der Waals surface area contributed by atoms with Crippen molar-refractivity contribution in [3.8, 4) is 5.75 Å². The van der Waals surface area contributed by atoms with E-state index in [4.69, 9.17) is 10.5 Å². The lowest BCUT2D eigenvalue weighted by molar-refractivity contribution is -0.117. The van der Waals surface area contributed by atoms with E-state index in [1.165, 1.54) is 31.4 Å². The van der Waals surface area contributed by atoms with E-state index in [0.29, 0.717) is 5.75 Å². The zero-order chi connectivity index (χ0) is 17.0. The van der Waals surface area contributed by atoms with E-state index >= 15 is 0 Å². The molecular weight excluding hydrogens is 314 g/mol. The topological polar surface area (TPSA) is 86.5 Å². The maximum absolute atomic E-state index is 12.8. The lowest BCUT2D eigenvalue weighted by Gasteiger charge is -2.22. The average Bonchev–Trinajstić information content (AvgIpc) is 2.55. The SMILES string of the molecule is COc1ccc(S(=O)(=O)C(C(N)=O)C(C)c2ccccc2)cc1. The van der Waals surface area contributed by atoms with E-state index < -0.39 is 26.9 Å². The van der Waals surface area contributed by atoms with Crippen molar-refractivity contribution in [1.82, 2.24) is 0 Å². The van der Waals surface area contributed by atoms with Gasteiger partial charge in [-0.05, 0) is 29.8 Å². The number of hydrogen-bond acceptors (Lipinski definition) is 4. The van der Waals surface area contributed by atoms with Crippen molar-refractivity contribution >= 4 is 15.7 Å². The fraction of sp³-hybridized carbons (Fsp3) is 0.235. The molecule has 6 heteroatoms. The molecule has 0 heterocycles. The van der Waals surface area contributed by atoms with Gasteiger partial charge in [-0.15, -0.1) is 0 Å². The lowest BCUT2D eigenvalue weighted by Crippen LogP contribution is -2.39. The zero-order valence-corrected chi connectivity index (χ0v) is 13.8. The van der Waals surface area contributed by atoms with Gasteiger partial charge in [0.25, 0.3) is 0 Å². The van der Waals surface area contributed by atoms with E-state index in [9.17, 15) is 13.2 Å². The molecule has 0 spiro atoms. The van der Waals surface area contributed by atoms with Crippen LogP contribution in [0.15, 0.2) is 59.5 Å². The number of primary amides is 1. The predicted octanol–water partition coefficient (Wildman–Crippen LogP) is 2.13. The molecule has 0 aliphatic carbocycles. The van der Waals surface area contributed by atoms with E-state index in [0.717, 1.165) is 5.56 Å². The van der Waals surface area contributed by atoms with Gasteiger partial charge in [0, 0.05) is 5.92 Å². The van der Waals surface area contributed by atoms with Crippen LogP contribution in [0.4, 0.5) is 0 Å². The van der Waals surface area contributed by atoms with Gasteiger partial charge in [-0.3, -0.25) is 4.79 Å². The highest BCUT2D eigenvalue weighted by molar-refractivity contribution is 7.92. The standard InChI is InChI=1S/C17H19NO4S/c1-12(13-6-4-3-5-7-13)16(17(18)19)23(20,21)15-10-8-14(22-2)9-11-15/h3-12,16H,1-2H3,(H2,18,19). The first kappa shape index (κ1) is 17.0. The Hall–Kier alpha value is -2.34. The molecule has 0 saturated carbocycles. The Morgan fingerprint density at radius 1 is 1.04 bits per heavy atom. The molecule has 2 atom stereocenters. The second kappa shape index (κ2) is 6.83. The minimum absolute atomic E-state index is 0.0462. The van der Waals surface area contributed by atoms with Crippen molar-refractivity contribution in [3.63, 3.8) is 0 Å². The summed E-state index contributed by atoms with van der Waals surface area (Å²) in [6.45, 7) is 1.69. The number of methoxy groups -OCH3 is 1. The van der Waals surface area contributed by atoms with Gasteiger partial charge in [-0.25, -0.2) is 8.42 Å². The summed E-state index contributed by atoms with van der Waals surface area (Å²) in [5.41, 5.74) is 6.16. The number of benzene rings is 2. The molecule has 0 aliphatic rings. The largest absolute Gasteiger partial charge is 0.497 e. The number of sulfone groups is 1. The molecule has 0 bridgehead atoms. The summed E-state index contributed by atoms with van der Waals surface area (Å²) in [6, 6.07) is 14.9. The fourth-order valence-corrected chi connectivity index (χ4v) is 4.32. The molecule has 0 aromatic heterocycles. The average molecular weight is 333 g/mol. The van der Waals surface area contributed by atoms with Gasteiger partial charge in [-0.2, -0.15) is 0 Å². The first-order valence-electron chi connectivity index (χ1n) is 7.10. The number of ether oxygens (including phenoxy) is 1. The van der Waals surface area contributed by atoms with Crippen LogP contribution in [0.2, 0.25) is 0 Å². The van der Waals surface area contributed by atoms with Crippen molar-refractivity contribution in [3.05, 3.63) is 60.2 Å². The van der Waals surface area contributed by atoms with Gasteiger partial charge in [0.2, 0.25) is 5.91 Å². The second-order valence-corrected chi connectivity index (χ2v) is 7.31. The Morgan fingerprint density at radius 2 is 1.61 bits per heavy atom. The molecule has 0 radical (unpaired) electrons. The third kappa shape index (κ3) is 3.53. The van der Waals surface area contributed by atoms with E-state index in [2.05, 4.69) is 0 Å². The number of hydrogen-bond donors (Lipinski definition) is 1. The number of carbonyl (C=O) groups excluding carboxylic acids is 1. The maximum atomic E-state index is 12.8. The van der Waals surface area contributed by atoms with Crippen LogP contribution < -0.4 is 10.5 Å². The van der Waals surface area contributed by atoms with Gasteiger partial charge in [0.05, 0.1) is 12.0 Å². The van der Waals surface area contributed by atoms with Crippen molar-refractivity contribution < 1.29 is 17.9 Å². The van der Waals surface area contributed by atoms with Gasteiger partial charge >= 0.3 is 0 Å². The minimum Gasteiger partial charge on any atom is -0.497 e. The highest BCUT2D eigenvalue weighted by Gasteiger charge is 2.37. The zero-order valence-electron chi connectivity index (χ0n) is 13.0. The van der Waals surface area contributed by atoms with Crippen molar-refractivity contribution in [2.75, 3.05) is 7.11 Å². The molecule has 2 unspecified atom stereocenters. The van der Waals surface area contributed by atoms with Crippen LogP contribution in [-0.4, -0.2) is 26.7 Å². The van der Waals surface area contributed by atoms with E-state index in [1.807, 2.05) is 6.07 Å². The van der Waals surface area contributed by atoms with Gasteiger partial charge < -0.3 is 10.5 Å². The summed E-state index contributed by atoms with van der Waals surface area (Å²) in [4.78, 5) is 11.9. The number of rotatable bonds is 6. The minimum atomic E-state index is -3.90. The molecule has 0 saturated heterocycles. The van der Waals surface area contributed by atoms with Crippen LogP contribution in [0.5, 0.6) is 5.75 Å². The Labute approximate surface area is 136 Å². The molecular formula is C17H19NO4S. The summed E-state index contributed by atoms with van der Waals surface area (Å²) in [5.74, 6) is -0.881. The Morgan fingerprint density at radius 3 is 2.09 bits per heavy atom. The van der Waals surface area contributed by atoms with Crippen molar-refractivity contribution in [1.29, 1.82) is 0 Å². The Balaban J connectivity index is 2.45. The fourth-order valence-electron chi connectivity index (χ4n) is 2.51. The summed E-state index contributed by atoms with van der Waals surface area (Å²) < 4.78 is 30.7. The van der Waals surface area contributed by atoms with E-state index in [1.54, 1.807) is 31.2 Å². The Bertz CT molecular complexity index is 770. The molecule has 122 valence electrons. The van der Waals surface area contributed by atoms with Crippen molar-refractivity contribution in [2.24, 2.45) is 5.73 Å². The second-order valence-electron chi connectivity index (χ2n) is 5.24. The summed E-state index contributed by atoms with van der Waals surface area (Å²) in [7, 11) is -2.41. The van der Waals surface area contributed by atoms with Crippen LogP contribution in [-0.2, 0) is 14.6 Å². The summed E-state index contributed by atoms with van der Waals surface area (Å²) >= 11 is 0. The Kier molecular flexibility index (Phi) is 5.05. The third-order valence-electron chi connectivity index (χ3n) is 3.78. The van der Waals surface area contributed by atoms with Gasteiger partial charge in [0.1, 0.15) is 5.75 Å². The number of carbonyl (C=O) groups is 1. The highest BCUT2D eigenvalue weighted by Crippen LogP contribution is 2.29. The first-order valence-corrected chi connectivity index (χ1v) is 8.64. The third-order valence-corrected chi connectivity index (χ3v) is 6.02. The van der Waals surface area contributed by atoms with Crippen LogP contribution >= 0.6 is 0 Å². The molecule has 2 aromatic carbocycles. The van der Waals surface area contributed by atoms with Crippen LogP contribution in [0.25, 0.3) is 0 Å². The number of nitrogens with two attached hydrogens (primary N) is 1. The van der Waals surface area contributed by atoms with Crippen LogP contribution in [0, 0.1) is 0 Å². The normalized spacial score (nSPS) is 14.0. The van der Waals surface area contributed by atoms with Gasteiger partial charge in [0.15, 0.2) is 15.1 Å². The monoisotopic (exact) mass is 333 g/mol. The smallest absolute Gasteiger partial charge is 0.236 e. The molecule has 2 N–H and O–H groups in total. The lowest BCUT2D eigenvalue weighted by atomic mass is 9.97. The molecule has 2 rings (SSSR count). The van der Waals surface area contributed by atoms with E-state index in [-0.39, 0.29) is 4.90 Å². The summed E-state index contributed by atoms with van der Waals surface area (Å²) in [6.07, 6.45) is 0. The molecule has 23 heavy (non-hydrogen) atoms. The van der Waals surface area contributed by atoms with Crippen molar-refractivity contribution in [2.45, 2.75) is 23.0 Å². The van der Waals surface area contributed by atoms with Crippen LogP contribution in [0.1, 0.15) is 18.4 Å². The van der Waals surface area contributed by atoms with Gasteiger partial charge in [-0.1, -0.05) is 37.3 Å². The molecule has 5 nitrogen and oxygen atoms in total. The highest BCUT2D eigenvalue weighted by atomic mass is 32.2. The molecule has 0 aliphatic heterocycles. The summed E-state index contributed by atoms with van der Waals surface area (Å²) in [5, 5.41) is -1.33. The predicted molar refractivity (Wildman–Crippen MR) is 88.0 cm³/mol. The quantitative estimate of drug-likeness (QED) is 0.877. The van der Waals surface area contributed by atoms with Crippen LogP contribution in [0.3, 0.4) is 0 Å². The first-order chi connectivity index (χ1) is 10.9. The number of amides is 1.